The minimum atomic E-state index is -3.71. The maximum Gasteiger partial charge on any atom is 0.276 e. The summed E-state index contributed by atoms with van der Waals surface area (Å²) in [5, 5.41) is 10.3. The average Bonchev–Trinajstić information content (AvgIpc) is 3.11. The van der Waals surface area contributed by atoms with Crippen molar-refractivity contribution in [1.29, 1.82) is 0 Å². The van der Waals surface area contributed by atoms with Crippen molar-refractivity contribution in [2.45, 2.75) is 37.8 Å². The van der Waals surface area contributed by atoms with Gasteiger partial charge in [0.15, 0.2) is 5.69 Å². The molecule has 1 aliphatic rings. The zero-order valence-corrected chi connectivity index (χ0v) is 16.3. The van der Waals surface area contributed by atoms with Crippen LogP contribution in [0.4, 0.5) is 0 Å². The van der Waals surface area contributed by atoms with Crippen LogP contribution >= 0.6 is 11.6 Å². The molecule has 1 aromatic carbocycles. The Bertz CT molecular complexity index is 904. The molecule has 1 aliphatic heterocycles. The first-order valence-electron chi connectivity index (χ1n) is 8.17. The Morgan fingerprint density at radius 3 is 2.50 bits per heavy atom. The molecule has 3 rings (SSSR count). The van der Waals surface area contributed by atoms with E-state index in [9.17, 15) is 13.2 Å². The summed E-state index contributed by atoms with van der Waals surface area (Å²) in [5.41, 5.74) is 0.737. The summed E-state index contributed by atoms with van der Waals surface area (Å²) in [4.78, 5) is 14.5. The molecule has 0 bridgehead atoms. The van der Waals surface area contributed by atoms with Gasteiger partial charge in [0.25, 0.3) is 5.91 Å². The summed E-state index contributed by atoms with van der Waals surface area (Å²) >= 11 is 6.09. The van der Waals surface area contributed by atoms with Crippen LogP contribution in [0.1, 0.15) is 29.9 Å². The standard InChI is InChI=1S/C16H20ClN5O3S/c1-10-8-21(26(24,25)15-6-4-5-13(17)12(15)3)9-11(2)22(10)16(23)14-7-18-20-19-14/h4-7,10-11H,8-9H2,1-3H3,(H,18,19,20)/t10-,11+. The van der Waals surface area contributed by atoms with Crippen LogP contribution < -0.4 is 0 Å². The van der Waals surface area contributed by atoms with Gasteiger partial charge in [-0.15, -0.1) is 0 Å². The van der Waals surface area contributed by atoms with Gasteiger partial charge in [-0.2, -0.15) is 19.7 Å². The number of aromatic nitrogens is 3. The quantitative estimate of drug-likeness (QED) is 0.849. The molecular formula is C16H20ClN5O3S. The number of carbonyl (C=O) groups is 1. The lowest BCUT2D eigenvalue weighted by Gasteiger charge is -2.43. The van der Waals surface area contributed by atoms with Crippen molar-refractivity contribution < 1.29 is 13.2 Å². The molecule has 2 atom stereocenters. The predicted octanol–water partition coefficient (Wildman–Crippen LogP) is 1.69. The average molecular weight is 398 g/mol. The molecule has 0 saturated carbocycles. The number of nitrogens with one attached hydrogen (secondary N) is 1. The minimum Gasteiger partial charge on any atom is -0.329 e. The Kier molecular flexibility index (Phi) is 5.05. The number of rotatable bonds is 3. The van der Waals surface area contributed by atoms with Gasteiger partial charge in [-0.05, 0) is 38.5 Å². The monoisotopic (exact) mass is 397 g/mol. The highest BCUT2D eigenvalue weighted by atomic mass is 35.5. The number of sulfonamides is 1. The van der Waals surface area contributed by atoms with Crippen LogP contribution in [0.25, 0.3) is 0 Å². The number of benzene rings is 1. The van der Waals surface area contributed by atoms with E-state index in [2.05, 4.69) is 15.4 Å². The molecule has 10 heteroatoms. The zero-order valence-electron chi connectivity index (χ0n) is 14.7. The summed E-state index contributed by atoms with van der Waals surface area (Å²) in [6.45, 7) is 5.72. The number of halogens is 1. The van der Waals surface area contributed by atoms with Crippen LogP contribution in [0.15, 0.2) is 29.3 Å². The van der Waals surface area contributed by atoms with Gasteiger partial charge < -0.3 is 4.90 Å². The number of amides is 1. The highest BCUT2D eigenvalue weighted by molar-refractivity contribution is 7.89. The third kappa shape index (κ3) is 3.22. The Morgan fingerprint density at radius 2 is 1.92 bits per heavy atom. The third-order valence-electron chi connectivity index (χ3n) is 4.59. The van der Waals surface area contributed by atoms with E-state index in [1.165, 1.54) is 10.5 Å². The molecule has 0 spiro atoms. The highest BCUT2D eigenvalue weighted by Gasteiger charge is 2.39. The normalized spacial score (nSPS) is 21.8. The molecule has 1 amide bonds. The molecule has 0 radical (unpaired) electrons. The summed E-state index contributed by atoms with van der Waals surface area (Å²) in [6, 6.07) is 4.22. The number of aromatic amines is 1. The molecule has 2 heterocycles. The lowest BCUT2D eigenvalue weighted by atomic mass is 10.1. The fourth-order valence-corrected chi connectivity index (χ4v) is 5.39. The minimum absolute atomic E-state index is 0.195. The smallest absolute Gasteiger partial charge is 0.276 e. The first-order valence-corrected chi connectivity index (χ1v) is 9.99. The largest absolute Gasteiger partial charge is 0.329 e. The first kappa shape index (κ1) is 18.8. The lowest BCUT2D eigenvalue weighted by Crippen LogP contribution is -2.59. The van der Waals surface area contributed by atoms with Gasteiger partial charge >= 0.3 is 0 Å². The number of hydrogen-bond acceptors (Lipinski definition) is 5. The molecule has 140 valence electrons. The van der Waals surface area contributed by atoms with Crippen LogP contribution in [-0.2, 0) is 10.0 Å². The number of nitrogens with zero attached hydrogens (tertiary/aromatic N) is 4. The van der Waals surface area contributed by atoms with Crippen molar-refractivity contribution in [3.63, 3.8) is 0 Å². The number of hydrogen-bond donors (Lipinski definition) is 1. The van der Waals surface area contributed by atoms with Crippen molar-refractivity contribution >= 4 is 27.5 Å². The van der Waals surface area contributed by atoms with Crippen molar-refractivity contribution in [3.05, 3.63) is 40.7 Å². The second-order valence-corrected chi connectivity index (χ2v) is 8.76. The topological polar surface area (TPSA) is 99.3 Å². The van der Waals surface area contributed by atoms with E-state index in [1.807, 2.05) is 13.8 Å². The number of carbonyl (C=O) groups excluding carboxylic acids is 1. The fraction of sp³-hybridized carbons (Fsp3) is 0.438. The van der Waals surface area contributed by atoms with Gasteiger partial charge in [0.2, 0.25) is 10.0 Å². The summed E-state index contributed by atoms with van der Waals surface area (Å²) in [6.07, 6.45) is 1.36. The fourth-order valence-electron chi connectivity index (χ4n) is 3.31. The second-order valence-electron chi connectivity index (χ2n) is 6.45. The molecule has 8 nitrogen and oxygen atoms in total. The van der Waals surface area contributed by atoms with E-state index in [4.69, 9.17) is 11.6 Å². The lowest BCUT2D eigenvalue weighted by molar-refractivity contribution is 0.0434. The third-order valence-corrected chi connectivity index (χ3v) is 6.98. The van der Waals surface area contributed by atoms with E-state index >= 15 is 0 Å². The zero-order chi connectivity index (χ0) is 19.1. The van der Waals surface area contributed by atoms with E-state index in [-0.39, 0.29) is 41.7 Å². The predicted molar refractivity (Wildman–Crippen MR) is 96.4 cm³/mol. The SMILES string of the molecule is Cc1c(Cl)cccc1S(=O)(=O)N1C[C@@H](C)N(C(=O)c2cn[nH]n2)[C@@H](C)C1. The van der Waals surface area contributed by atoms with Gasteiger partial charge in [0.05, 0.1) is 11.1 Å². The van der Waals surface area contributed by atoms with Crippen LogP contribution in [0.2, 0.25) is 5.02 Å². The summed E-state index contributed by atoms with van der Waals surface area (Å²) < 4.78 is 27.6. The molecular weight excluding hydrogens is 378 g/mol. The van der Waals surface area contributed by atoms with Gasteiger partial charge in [0, 0.05) is 30.2 Å². The summed E-state index contributed by atoms with van der Waals surface area (Å²) in [5.74, 6) is -0.269. The van der Waals surface area contributed by atoms with E-state index in [0.717, 1.165) is 0 Å². The maximum absolute atomic E-state index is 13.1. The van der Waals surface area contributed by atoms with Crippen LogP contribution in [0.5, 0.6) is 0 Å². The molecule has 26 heavy (non-hydrogen) atoms. The number of H-pyrrole nitrogens is 1. The summed E-state index contributed by atoms with van der Waals surface area (Å²) in [7, 11) is -3.71. The van der Waals surface area contributed by atoms with Crippen molar-refractivity contribution in [2.24, 2.45) is 0 Å². The molecule has 1 fully saturated rings. The highest BCUT2D eigenvalue weighted by Crippen LogP contribution is 2.28. The Morgan fingerprint density at radius 1 is 1.27 bits per heavy atom. The molecule has 0 aliphatic carbocycles. The van der Waals surface area contributed by atoms with Crippen molar-refractivity contribution in [1.82, 2.24) is 24.6 Å². The van der Waals surface area contributed by atoms with Crippen LogP contribution in [0, 0.1) is 6.92 Å². The maximum atomic E-state index is 13.1. The van der Waals surface area contributed by atoms with Gasteiger partial charge in [0.1, 0.15) is 0 Å². The molecule has 0 unspecified atom stereocenters. The van der Waals surface area contributed by atoms with Gasteiger partial charge in [-0.25, -0.2) is 8.42 Å². The van der Waals surface area contributed by atoms with E-state index in [0.29, 0.717) is 10.6 Å². The first-order chi connectivity index (χ1) is 12.2. The molecule has 1 N–H and O–H groups in total. The number of piperazine rings is 1. The van der Waals surface area contributed by atoms with Crippen molar-refractivity contribution in [3.8, 4) is 0 Å². The van der Waals surface area contributed by atoms with Gasteiger partial charge in [-0.1, -0.05) is 17.7 Å². The second kappa shape index (κ2) is 6.98. The Hall–Kier alpha value is -1.97. The van der Waals surface area contributed by atoms with Crippen LogP contribution in [-0.4, -0.2) is 64.1 Å². The Labute approximate surface area is 157 Å². The van der Waals surface area contributed by atoms with Gasteiger partial charge in [-0.3, -0.25) is 4.79 Å². The van der Waals surface area contributed by atoms with E-state index in [1.54, 1.807) is 30.0 Å². The van der Waals surface area contributed by atoms with E-state index < -0.39 is 10.0 Å². The Balaban J connectivity index is 1.87. The molecule has 1 saturated heterocycles. The van der Waals surface area contributed by atoms with Crippen molar-refractivity contribution in [2.75, 3.05) is 13.1 Å². The molecule has 2 aromatic rings. The van der Waals surface area contributed by atoms with Crippen LogP contribution in [0.3, 0.4) is 0 Å². The molecule has 1 aromatic heterocycles.